The SMILES string of the molecule is CN(CCc1ccccn1)C(=O)C1CC1c1ccccc1C(F)(F)F. The molecule has 1 heterocycles. The van der Waals surface area contributed by atoms with E-state index in [1.54, 1.807) is 24.2 Å². The van der Waals surface area contributed by atoms with Crippen LogP contribution in [0.5, 0.6) is 0 Å². The van der Waals surface area contributed by atoms with Gasteiger partial charge < -0.3 is 4.90 Å². The summed E-state index contributed by atoms with van der Waals surface area (Å²) in [7, 11) is 1.69. The lowest BCUT2D eigenvalue weighted by atomic mass is 10.0. The van der Waals surface area contributed by atoms with Crippen LogP contribution in [0.3, 0.4) is 0 Å². The second kappa shape index (κ2) is 6.86. The predicted octanol–water partition coefficient (Wildman–Crippen LogP) is 3.91. The molecule has 2 atom stereocenters. The van der Waals surface area contributed by atoms with Crippen LogP contribution in [0.2, 0.25) is 0 Å². The van der Waals surface area contributed by atoms with Gasteiger partial charge in [0.2, 0.25) is 5.91 Å². The maximum Gasteiger partial charge on any atom is 0.416 e. The van der Waals surface area contributed by atoms with Gasteiger partial charge in [-0.1, -0.05) is 24.3 Å². The first-order valence-electron chi connectivity index (χ1n) is 8.19. The van der Waals surface area contributed by atoms with Crippen molar-refractivity contribution in [1.82, 2.24) is 9.88 Å². The van der Waals surface area contributed by atoms with E-state index in [1.165, 1.54) is 12.1 Å². The molecule has 1 aliphatic carbocycles. The van der Waals surface area contributed by atoms with Crippen molar-refractivity contribution in [1.29, 1.82) is 0 Å². The van der Waals surface area contributed by atoms with Crippen LogP contribution in [0.15, 0.2) is 48.7 Å². The third-order valence-electron chi connectivity index (χ3n) is 4.58. The summed E-state index contributed by atoms with van der Waals surface area (Å²) in [6, 6.07) is 11.1. The maximum atomic E-state index is 13.1. The van der Waals surface area contributed by atoms with Crippen LogP contribution < -0.4 is 0 Å². The summed E-state index contributed by atoms with van der Waals surface area (Å²) in [5.41, 5.74) is 0.481. The Bertz CT molecular complexity index is 746. The fourth-order valence-electron chi connectivity index (χ4n) is 3.11. The van der Waals surface area contributed by atoms with Crippen molar-refractivity contribution < 1.29 is 18.0 Å². The topological polar surface area (TPSA) is 33.2 Å². The minimum Gasteiger partial charge on any atom is -0.345 e. The first-order valence-corrected chi connectivity index (χ1v) is 8.19. The van der Waals surface area contributed by atoms with Crippen LogP contribution in [-0.4, -0.2) is 29.4 Å². The number of halogens is 3. The van der Waals surface area contributed by atoms with E-state index < -0.39 is 11.7 Å². The van der Waals surface area contributed by atoms with E-state index >= 15 is 0 Å². The molecule has 2 aromatic rings. The van der Waals surface area contributed by atoms with Crippen molar-refractivity contribution in [2.75, 3.05) is 13.6 Å². The normalized spacial score (nSPS) is 19.5. The van der Waals surface area contributed by atoms with E-state index in [0.29, 0.717) is 19.4 Å². The van der Waals surface area contributed by atoms with Gasteiger partial charge in [-0.2, -0.15) is 13.2 Å². The number of hydrogen-bond donors (Lipinski definition) is 0. The Labute approximate surface area is 144 Å². The second-order valence-electron chi connectivity index (χ2n) is 6.36. The molecule has 0 radical (unpaired) electrons. The van der Waals surface area contributed by atoms with Crippen LogP contribution in [0.25, 0.3) is 0 Å². The van der Waals surface area contributed by atoms with Gasteiger partial charge in [0.15, 0.2) is 0 Å². The standard InChI is InChI=1S/C19H19F3N2O/c1-24(11-9-13-6-4-5-10-23-13)18(25)16-12-15(16)14-7-2-3-8-17(14)19(20,21)22/h2-8,10,15-16H,9,11-12H2,1H3. The van der Waals surface area contributed by atoms with Crippen LogP contribution in [-0.2, 0) is 17.4 Å². The van der Waals surface area contributed by atoms with E-state index in [0.717, 1.165) is 11.8 Å². The number of nitrogens with zero attached hydrogens (tertiary/aromatic N) is 2. The number of pyridine rings is 1. The summed E-state index contributed by atoms with van der Waals surface area (Å²) in [6.07, 6.45) is -1.60. The summed E-state index contributed by atoms with van der Waals surface area (Å²) < 4.78 is 39.4. The lowest BCUT2D eigenvalue weighted by Crippen LogP contribution is -2.30. The number of likely N-dealkylation sites (N-methyl/N-ethyl adjacent to an activating group) is 1. The van der Waals surface area contributed by atoms with Gasteiger partial charge in [-0.05, 0) is 36.1 Å². The van der Waals surface area contributed by atoms with Gasteiger partial charge in [-0.25, -0.2) is 0 Å². The molecular weight excluding hydrogens is 329 g/mol. The third-order valence-corrected chi connectivity index (χ3v) is 4.58. The molecule has 1 aromatic heterocycles. The maximum absolute atomic E-state index is 13.1. The van der Waals surface area contributed by atoms with E-state index in [1.807, 2.05) is 18.2 Å². The number of benzene rings is 1. The number of amides is 1. The molecule has 1 aliphatic rings. The van der Waals surface area contributed by atoms with Crippen molar-refractivity contribution in [3.05, 3.63) is 65.5 Å². The summed E-state index contributed by atoms with van der Waals surface area (Å²) in [5, 5.41) is 0. The van der Waals surface area contributed by atoms with Crippen molar-refractivity contribution in [3.8, 4) is 0 Å². The predicted molar refractivity (Wildman–Crippen MR) is 87.9 cm³/mol. The van der Waals surface area contributed by atoms with E-state index in [2.05, 4.69) is 4.98 Å². The molecule has 2 unspecified atom stereocenters. The molecule has 132 valence electrons. The van der Waals surface area contributed by atoms with Gasteiger partial charge in [0.1, 0.15) is 0 Å². The van der Waals surface area contributed by atoms with Gasteiger partial charge in [0.25, 0.3) is 0 Å². The lowest BCUT2D eigenvalue weighted by molar-refractivity contribution is -0.138. The van der Waals surface area contributed by atoms with Crippen LogP contribution in [0.4, 0.5) is 13.2 Å². The summed E-state index contributed by atoms with van der Waals surface area (Å²) >= 11 is 0. The molecule has 25 heavy (non-hydrogen) atoms. The molecular formula is C19H19F3N2O. The number of hydrogen-bond acceptors (Lipinski definition) is 2. The minimum atomic E-state index is -4.39. The van der Waals surface area contributed by atoms with Gasteiger partial charge in [0.05, 0.1) is 5.56 Å². The zero-order valence-electron chi connectivity index (χ0n) is 13.8. The Morgan fingerprint density at radius 3 is 2.60 bits per heavy atom. The molecule has 1 amide bonds. The average molecular weight is 348 g/mol. The smallest absolute Gasteiger partial charge is 0.345 e. The Hall–Kier alpha value is -2.37. The van der Waals surface area contributed by atoms with Gasteiger partial charge in [-0.3, -0.25) is 9.78 Å². The first-order chi connectivity index (χ1) is 11.9. The largest absolute Gasteiger partial charge is 0.416 e. The molecule has 0 bridgehead atoms. The van der Waals surface area contributed by atoms with E-state index in [4.69, 9.17) is 0 Å². The highest BCUT2D eigenvalue weighted by Crippen LogP contribution is 2.51. The van der Waals surface area contributed by atoms with Crippen LogP contribution >= 0.6 is 0 Å². The molecule has 3 nitrogen and oxygen atoms in total. The van der Waals surface area contributed by atoms with Crippen molar-refractivity contribution >= 4 is 5.91 Å². The molecule has 0 spiro atoms. The fraction of sp³-hybridized carbons (Fsp3) is 0.368. The molecule has 1 aromatic carbocycles. The van der Waals surface area contributed by atoms with Gasteiger partial charge in [-0.15, -0.1) is 0 Å². The van der Waals surface area contributed by atoms with Gasteiger partial charge >= 0.3 is 6.18 Å². The Morgan fingerprint density at radius 2 is 1.92 bits per heavy atom. The van der Waals surface area contributed by atoms with Crippen molar-refractivity contribution in [2.45, 2.75) is 24.9 Å². The van der Waals surface area contributed by atoms with Crippen molar-refractivity contribution in [3.63, 3.8) is 0 Å². The molecule has 1 saturated carbocycles. The summed E-state index contributed by atoms with van der Waals surface area (Å²) in [4.78, 5) is 18.3. The number of carbonyl (C=O) groups is 1. The quantitative estimate of drug-likeness (QED) is 0.821. The molecule has 3 rings (SSSR count). The summed E-state index contributed by atoms with van der Waals surface area (Å²) in [5.74, 6) is -0.808. The van der Waals surface area contributed by atoms with Crippen LogP contribution in [0.1, 0.15) is 29.2 Å². The molecule has 0 N–H and O–H groups in total. The first kappa shape index (κ1) is 17.5. The zero-order valence-corrected chi connectivity index (χ0v) is 13.8. The molecule has 6 heteroatoms. The van der Waals surface area contributed by atoms with E-state index in [-0.39, 0.29) is 23.3 Å². The number of alkyl halides is 3. The lowest BCUT2D eigenvalue weighted by Gasteiger charge is -2.18. The fourth-order valence-corrected chi connectivity index (χ4v) is 3.11. The zero-order chi connectivity index (χ0) is 18.0. The Kier molecular flexibility index (Phi) is 4.79. The third kappa shape index (κ3) is 4.00. The highest BCUT2D eigenvalue weighted by molar-refractivity contribution is 5.83. The van der Waals surface area contributed by atoms with Crippen LogP contribution in [0, 0.1) is 5.92 Å². The number of rotatable bonds is 5. The van der Waals surface area contributed by atoms with E-state index in [9.17, 15) is 18.0 Å². The highest BCUT2D eigenvalue weighted by atomic mass is 19.4. The molecule has 0 saturated heterocycles. The highest BCUT2D eigenvalue weighted by Gasteiger charge is 2.48. The summed E-state index contributed by atoms with van der Waals surface area (Å²) in [6.45, 7) is 0.500. The molecule has 1 fully saturated rings. The number of aromatic nitrogens is 1. The number of carbonyl (C=O) groups excluding carboxylic acids is 1. The average Bonchev–Trinajstić information content (AvgIpc) is 3.40. The van der Waals surface area contributed by atoms with Gasteiger partial charge in [0, 0.05) is 37.8 Å². The Balaban J connectivity index is 1.62. The van der Waals surface area contributed by atoms with Crippen molar-refractivity contribution in [2.24, 2.45) is 5.92 Å². The minimum absolute atomic E-state index is 0.0992. The second-order valence-corrected chi connectivity index (χ2v) is 6.36. The monoisotopic (exact) mass is 348 g/mol. The molecule has 0 aliphatic heterocycles. The Morgan fingerprint density at radius 1 is 1.20 bits per heavy atom.